The number of thiazole rings is 1. The number of nitrogens with zero attached hydrogens (tertiary/aromatic N) is 3. The molecule has 0 aliphatic carbocycles. The molecule has 8 rings (SSSR count). The predicted octanol–water partition coefficient (Wildman–Crippen LogP) is 8.82. The zero-order chi connectivity index (χ0) is 22.9. The third-order valence-electron chi connectivity index (χ3n) is 6.66. The Kier molecular flexibility index (Phi) is 3.97. The Morgan fingerprint density at radius 1 is 0.571 bits per heavy atom. The van der Waals surface area contributed by atoms with Gasteiger partial charge in [0, 0.05) is 31.1 Å². The SMILES string of the molecule is c1ccc(-c2ccc3c(n2)c2c4sc5ccccc5c4ccc2n3-c2nc3ccccc3s2)cc1. The third-order valence-corrected chi connectivity index (χ3v) is 8.89. The molecular weight excluding hydrogens is 466 g/mol. The first kappa shape index (κ1) is 19.3. The fraction of sp³-hybridized carbons (Fsp3) is 0. The van der Waals surface area contributed by atoms with E-state index < -0.39 is 0 Å². The van der Waals surface area contributed by atoms with Crippen LogP contribution in [0.4, 0.5) is 0 Å². The average Bonchev–Trinajstić information content (AvgIpc) is 3.59. The van der Waals surface area contributed by atoms with Crippen LogP contribution in [-0.2, 0) is 0 Å². The maximum atomic E-state index is 5.26. The average molecular weight is 484 g/mol. The molecule has 0 aliphatic rings. The maximum Gasteiger partial charge on any atom is 0.195 e. The molecule has 5 heteroatoms. The highest BCUT2D eigenvalue weighted by atomic mass is 32.1. The first-order chi connectivity index (χ1) is 17.3. The second-order valence-corrected chi connectivity index (χ2v) is 10.7. The van der Waals surface area contributed by atoms with Gasteiger partial charge in [0.05, 0.1) is 32.5 Å². The first-order valence-electron chi connectivity index (χ1n) is 11.5. The molecular formula is C30H17N3S2. The summed E-state index contributed by atoms with van der Waals surface area (Å²) in [5, 5.41) is 4.76. The van der Waals surface area contributed by atoms with E-state index >= 15 is 0 Å². The molecule has 35 heavy (non-hydrogen) atoms. The van der Waals surface area contributed by atoms with E-state index in [-0.39, 0.29) is 0 Å². The summed E-state index contributed by atoms with van der Waals surface area (Å²) in [5.74, 6) is 0. The summed E-state index contributed by atoms with van der Waals surface area (Å²) in [6, 6.07) is 36.3. The van der Waals surface area contributed by atoms with E-state index in [2.05, 4.69) is 95.6 Å². The molecule has 164 valence electrons. The molecule has 0 amide bonds. The number of para-hydroxylation sites is 1. The van der Waals surface area contributed by atoms with Gasteiger partial charge >= 0.3 is 0 Å². The van der Waals surface area contributed by atoms with Gasteiger partial charge in [-0.1, -0.05) is 78.1 Å². The van der Waals surface area contributed by atoms with Crippen molar-refractivity contribution in [3.8, 4) is 16.4 Å². The molecule has 0 unspecified atom stereocenters. The van der Waals surface area contributed by atoms with E-state index in [1.165, 1.54) is 30.3 Å². The van der Waals surface area contributed by atoms with Crippen molar-refractivity contribution in [1.29, 1.82) is 0 Å². The van der Waals surface area contributed by atoms with E-state index in [0.717, 1.165) is 38.5 Å². The van der Waals surface area contributed by atoms with Crippen molar-refractivity contribution in [3.05, 3.63) is 103 Å². The summed E-state index contributed by atoms with van der Waals surface area (Å²) in [6.07, 6.45) is 0. The molecule has 0 fully saturated rings. The molecule has 4 aromatic heterocycles. The van der Waals surface area contributed by atoms with Gasteiger partial charge in [-0.3, -0.25) is 4.57 Å². The minimum atomic E-state index is 0.973. The highest BCUT2D eigenvalue weighted by Gasteiger charge is 2.20. The van der Waals surface area contributed by atoms with Crippen LogP contribution < -0.4 is 0 Å². The molecule has 0 radical (unpaired) electrons. The highest BCUT2D eigenvalue weighted by molar-refractivity contribution is 7.26. The van der Waals surface area contributed by atoms with Crippen LogP contribution in [0.1, 0.15) is 0 Å². The monoisotopic (exact) mass is 483 g/mol. The van der Waals surface area contributed by atoms with Gasteiger partial charge in [-0.2, -0.15) is 0 Å². The Morgan fingerprint density at radius 3 is 2.23 bits per heavy atom. The first-order valence-corrected chi connectivity index (χ1v) is 13.2. The number of pyridine rings is 1. The Hall–Kier alpha value is -4.06. The number of hydrogen-bond donors (Lipinski definition) is 0. The number of hydrogen-bond acceptors (Lipinski definition) is 4. The number of benzene rings is 4. The lowest BCUT2D eigenvalue weighted by Crippen LogP contribution is -1.93. The summed E-state index contributed by atoms with van der Waals surface area (Å²) < 4.78 is 6.07. The minimum absolute atomic E-state index is 0.973. The van der Waals surface area contributed by atoms with Crippen LogP contribution in [0.5, 0.6) is 0 Å². The van der Waals surface area contributed by atoms with Gasteiger partial charge in [-0.15, -0.1) is 11.3 Å². The standard InChI is InChI=1S/C30H17N3S2/c1-2-8-18(9-3-1)21-15-17-24-28(31-21)27-23(33(24)30-32-22-11-5-7-13-26(22)35-30)16-14-20-19-10-4-6-12-25(19)34-29(20)27/h1-17H. The Labute approximate surface area is 208 Å². The van der Waals surface area contributed by atoms with Gasteiger partial charge in [0.15, 0.2) is 5.13 Å². The second kappa shape index (κ2) is 7.22. The summed E-state index contributed by atoms with van der Waals surface area (Å²) in [6.45, 7) is 0. The van der Waals surface area contributed by atoms with Crippen molar-refractivity contribution in [2.24, 2.45) is 0 Å². The molecule has 3 nitrogen and oxygen atoms in total. The summed E-state index contributed by atoms with van der Waals surface area (Å²) in [5.41, 5.74) is 6.40. The van der Waals surface area contributed by atoms with Crippen LogP contribution in [0.25, 0.3) is 68.7 Å². The summed E-state index contributed by atoms with van der Waals surface area (Å²) in [7, 11) is 0. The molecule has 0 saturated carbocycles. The fourth-order valence-corrected chi connectivity index (χ4v) is 7.31. The highest BCUT2D eigenvalue weighted by Crippen LogP contribution is 2.43. The van der Waals surface area contributed by atoms with Gasteiger partial charge in [-0.25, -0.2) is 9.97 Å². The largest absolute Gasteiger partial charge is 0.283 e. The fourth-order valence-electron chi connectivity index (χ4n) is 5.07. The van der Waals surface area contributed by atoms with Crippen molar-refractivity contribution >= 4 is 75.0 Å². The van der Waals surface area contributed by atoms with Crippen LogP contribution in [0.15, 0.2) is 103 Å². The molecule has 0 bridgehead atoms. The minimum Gasteiger partial charge on any atom is -0.283 e. The van der Waals surface area contributed by atoms with Crippen LogP contribution in [0, 0.1) is 0 Å². The zero-order valence-electron chi connectivity index (χ0n) is 18.5. The van der Waals surface area contributed by atoms with Gasteiger partial charge in [-0.05, 0) is 36.4 Å². The predicted molar refractivity (Wildman–Crippen MR) is 150 cm³/mol. The molecule has 4 aromatic carbocycles. The van der Waals surface area contributed by atoms with E-state index in [0.29, 0.717) is 0 Å². The van der Waals surface area contributed by atoms with Gasteiger partial charge in [0.1, 0.15) is 0 Å². The van der Waals surface area contributed by atoms with E-state index in [1.54, 1.807) is 11.3 Å². The Morgan fingerprint density at radius 2 is 1.34 bits per heavy atom. The van der Waals surface area contributed by atoms with Crippen molar-refractivity contribution in [1.82, 2.24) is 14.5 Å². The van der Waals surface area contributed by atoms with Crippen LogP contribution in [0.2, 0.25) is 0 Å². The Balaban J connectivity index is 1.54. The molecule has 0 saturated heterocycles. The molecule has 0 N–H and O–H groups in total. The molecule has 0 atom stereocenters. The third kappa shape index (κ3) is 2.77. The van der Waals surface area contributed by atoms with E-state index in [4.69, 9.17) is 9.97 Å². The Bertz CT molecular complexity index is 2030. The van der Waals surface area contributed by atoms with Crippen LogP contribution >= 0.6 is 22.7 Å². The number of fused-ring (bicyclic) bond motifs is 8. The molecule has 4 heterocycles. The number of aromatic nitrogens is 3. The summed E-state index contributed by atoms with van der Waals surface area (Å²) >= 11 is 3.57. The molecule has 0 aliphatic heterocycles. The normalized spacial score (nSPS) is 12.0. The van der Waals surface area contributed by atoms with Crippen LogP contribution in [0.3, 0.4) is 0 Å². The zero-order valence-corrected chi connectivity index (χ0v) is 20.1. The lowest BCUT2D eigenvalue weighted by molar-refractivity contribution is 1.15. The van der Waals surface area contributed by atoms with Gasteiger partial charge in [0.25, 0.3) is 0 Å². The van der Waals surface area contributed by atoms with Crippen LogP contribution in [-0.4, -0.2) is 14.5 Å². The smallest absolute Gasteiger partial charge is 0.195 e. The van der Waals surface area contributed by atoms with Crippen molar-refractivity contribution in [2.75, 3.05) is 0 Å². The molecule has 0 spiro atoms. The quantitative estimate of drug-likeness (QED) is 0.246. The van der Waals surface area contributed by atoms with Gasteiger partial charge < -0.3 is 0 Å². The van der Waals surface area contributed by atoms with Crippen molar-refractivity contribution < 1.29 is 0 Å². The lowest BCUT2D eigenvalue weighted by Gasteiger charge is -2.04. The second-order valence-electron chi connectivity index (χ2n) is 8.66. The van der Waals surface area contributed by atoms with E-state index in [1.807, 2.05) is 23.5 Å². The van der Waals surface area contributed by atoms with Crippen molar-refractivity contribution in [2.45, 2.75) is 0 Å². The lowest BCUT2D eigenvalue weighted by atomic mass is 10.1. The topological polar surface area (TPSA) is 30.7 Å². The summed E-state index contributed by atoms with van der Waals surface area (Å²) in [4.78, 5) is 10.3. The number of thiophene rings is 1. The van der Waals surface area contributed by atoms with Crippen molar-refractivity contribution in [3.63, 3.8) is 0 Å². The maximum absolute atomic E-state index is 5.26. The van der Waals surface area contributed by atoms with Gasteiger partial charge in [0.2, 0.25) is 0 Å². The molecule has 8 aromatic rings. The van der Waals surface area contributed by atoms with E-state index in [9.17, 15) is 0 Å². The number of rotatable bonds is 2.